The minimum atomic E-state index is -0.770. The number of carboxylic acid groups (broad SMARTS) is 1. The number of hydrogen-bond acceptors (Lipinski definition) is 4. The first-order chi connectivity index (χ1) is 9.99. The highest BCUT2D eigenvalue weighted by Gasteiger charge is 2.29. The van der Waals surface area contributed by atoms with Gasteiger partial charge in [0.15, 0.2) is 0 Å². The minimum Gasteiger partial charge on any atom is -0.481 e. The molecule has 0 radical (unpaired) electrons. The molecule has 2 atom stereocenters. The molecule has 114 valence electrons. The molecule has 0 bridgehead atoms. The molecular formula is C15H20N2O4. The fourth-order valence-electron chi connectivity index (χ4n) is 2.94. The molecule has 1 fully saturated rings. The van der Waals surface area contributed by atoms with E-state index >= 15 is 0 Å². The Morgan fingerprint density at radius 3 is 2.67 bits per heavy atom. The maximum atomic E-state index is 11.4. The topological polar surface area (TPSA) is 92.5 Å². The van der Waals surface area contributed by atoms with Crippen LogP contribution in [0.4, 0.5) is 11.4 Å². The summed E-state index contributed by atoms with van der Waals surface area (Å²) in [4.78, 5) is 21.8. The first-order valence-electron chi connectivity index (χ1n) is 7.23. The Hall–Kier alpha value is -2.11. The summed E-state index contributed by atoms with van der Waals surface area (Å²) in [6, 6.07) is 4.70. The molecule has 1 aromatic carbocycles. The number of aryl methyl sites for hydroxylation is 1. The summed E-state index contributed by atoms with van der Waals surface area (Å²) in [6.07, 6.45) is 4.50. The van der Waals surface area contributed by atoms with Gasteiger partial charge >= 0.3 is 5.97 Å². The molecule has 0 spiro atoms. The van der Waals surface area contributed by atoms with Crippen LogP contribution in [0.1, 0.15) is 37.7 Å². The van der Waals surface area contributed by atoms with Gasteiger partial charge in [-0.3, -0.25) is 14.9 Å². The zero-order valence-electron chi connectivity index (χ0n) is 12.0. The number of rotatable bonds is 4. The first kappa shape index (κ1) is 15.3. The minimum absolute atomic E-state index is 0.0798. The van der Waals surface area contributed by atoms with E-state index < -0.39 is 16.8 Å². The Morgan fingerprint density at radius 2 is 2.05 bits per heavy atom. The molecule has 2 rings (SSSR count). The largest absolute Gasteiger partial charge is 0.481 e. The molecule has 0 saturated heterocycles. The van der Waals surface area contributed by atoms with E-state index in [1.807, 2.05) is 0 Å². The number of nitrogens with one attached hydrogen (secondary N) is 1. The number of carbonyl (C=O) groups is 1. The van der Waals surface area contributed by atoms with Crippen molar-refractivity contribution in [1.29, 1.82) is 0 Å². The molecule has 0 heterocycles. The lowest BCUT2D eigenvalue weighted by atomic mass is 9.94. The lowest BCUT2D eigenvalue weighted by molar-refractivity contribution is -0.385. The van der Waals surface area contributed by atoms with Gasteiger partial charge in [-0.25, -0.2) is 0 Å². The highest BCUT2D eigenvalue weighted by atomic mass is 16.6. The number of benzene rings is 1. The second kappa shape index (κ2) is 6.56. The molecule has 21 heavy (non-hydrogen) atoms. The van der Waals surface area contributed by atoms with Crippen LogP contribution in [0.2, 0.25) is 0 Å². The second-order valence-corrected chi connectivity index (χ2v) is 5.59. The van der Waals surface area contributed by atoms with Crippen molar-refractivity contribution in [2.24, 2.45) is 5.92 Å². The standard InChI is InChI=1S/C15H20N2O4/c1-10-9-11(7-8-14(10)17(20)21)16-13-6-4-2-3-5-12(13)15(18)19/h7-9,12-13,16H,2-6H2,1H3,(H,18,19). The Labute approximate surface area is 123 Å². The van der Waals surface area contributed by atoms with Crippen molar-refractivity contribution in [1.82, 2.24) is 0 Å². The van der Waals surface area contributed by atoms with Gasteiger partial charge in [0.1, 0.15) is 0 Å². The lowest BCUT2D eigenvalue weighted by Crippen LogP contribution is -2.33. The van der Waals surface area contributed by atoms with Gasteiger partial charge in [-0.05, 0) is 31.9 Å². The van der Waals surface area contributed by atoms with Crippen LogP contribution in [-0.2, 0) is 4.79 Å². The lowest BCUT2D eigenvalue weighted by Gasteiger charge is -2.24. The summed E-state index contributed by atoms with van der Waals surface area (Å²) in [7, 11) is 0. The maximum absolute atomic E-state index is 11.4. The van der Waals surface area contributed by atoms with Gasteiger partial charge in [0.2, 0.25) is 0 Å². The van der Waals surface area contributed by atoms with Crippen LogP contribution in [0.25, 0.3) is 0 Å². The average Bonchev–Trinajstić information content (AvgIpc) is 2.63. The third-order valence-corrected chi connectivity index (χ3v) is 4.08. The summed E-state index contributed by atoms with van der Waals surface area (Å²) in [6.45, 7) is 1.69. The summed E-state index contributed by atoms with van der Waals surface area (Å²) < 4.78 is 0. The molecule has 0 aromatic heterocycles. The Morgan fingerprint density at radius 1 is 1.33 bits per heavy atom. The molecule has 6 nitrogen and oxygen atoms in total. The molecule has 2 N–H and O–H groups in total. The molecule has 6 heteroatoms. The van der Waals surface area contributed by atoms with Gasteiger partial charge in [-0.2, -0.15) is 0 Å². The second-order valence-electron chi connectivity index (χ2n) is 5.59. The third kappa shape index (κ3) is 3.71. The fourth-order valence-corrected chi connectivity index (χ4v) is 2.94. The van der Waals surface area contributed by atoms with Crippen LogP contribution in [0.5, 0.6) is 0 Å². The number of anilines is 1. The van der Waals surface area contributed by atoms with Crippen LogP contribution < -0.4 is 5.32 Å². The number of hydrogen-bond donors (Lipinski definition) is 2. The predicted molar refractivity (Wildman–Crippen MR) is 79.5 cm³/mol. The molecule has 1 saturated carbocycles. The van der Waals surface area contributed by atoms with Gasteiger partial charge < -0.3 is 10.4 Å². The van der Waals surface area contributed by atoms with Crippen molar-refractivity contribution in [3.8, 4) is 0 Å². The SMILES string of the molecule is Cc1cc(NC2CCCCCC2C(=O)O)ccc1[N+](=O)[O-]. The number of aliphatic carboxylic acids is 1. The van der Waals surface area contributed by atoms with E-state index in [1.54, 1.807) is 19.1 Å². The smallest absolute Gasteiger partial charge is 0.308 e. The van der Waals surface area contributed by atoms with Crippen molar-refractivity contribution in [2.75, 3.05) is 5.32 Å². The zero-order valence-corrected chi connectivity index (χ0v) is 12.0. The van der Waals surface area contributed by atoms with Gasteiger partial charge in [0.05, 0.1) is 10.8 Å². The van der Waals surface area contributed by atoms with E-state index in [0.717, 1.165) is 31.4 Å². The number of nitro benzene ring substituents is 1. The highest BCUT2D eigenvalue weighted by molar-refractivity contribution is 5.72. The molecule has 0 aliphatic heterocycles. The maximum Gasteiger partial charge on any atom is 0.308 e. The monoisotopic (exact) mass is 292 g/mol. The van der Waals surface area contributed by atoms with E-state index in [0.29, 0.717) is 12.0 Å². The summed E-state index contributed by atoms with van der Waals surface area (Å²) in [5.74, 6) is -1.17. The summed E-state index contributed by atoms with van der Waals surface area (Å²) in [5.41, 5.74) is 1.40. The molecule has 1 aromatic rings. The van der Waals surface area contributed by atoms with Gasteiger partial charge in [0, 0.05) is 23.4 Å². The van der Waals surface area contributed by atoms with Gasteiger partial charge in [-0.1, -0.05) is 19.3 Å². The zero-order chi connectivity index (χ0) is 15.4. The molecule has 0 amide bonds. The van der Waals surface area contributed by atoms with Crippen LogP contribution in [0.15, 0.2) is 18.2 Å². The molecule has 1 aliphatic rings. The van der Waals surface area contributed by atoms with E-state index in [4.69, 9.17) is 0 Å². The van der Waals surface area contributed by atoms with Crippen molar-refractivity contribution >= 4 is 17.3 Å². The van der Waals surface area contributed by atoms with Crippen LogP contribution >= 0.6 is 0 Å². The normalized spacial score (nSPS) is 22.3. The fraction of sp³-hybridized carbons (Fsp3) is 0.533. The van der Waals surface area contributed by atoms with E-state index in [2.05, 4.69) is 5.32 Å². The number of carboxylic acids is 1. The Kier molecular flexibility index (Phi) is 4.77. The molecule has 2 unspecified atom stereocenters. The molecular weight excluding hydrogens is 272 g/mol. The molecule has 1 aliphatic carbocycles. The van der Waals surface area contributed by atoms with Crippen molar-refractivity contribution in [3.05, 3.63) is 33.9 Å². The quantitative estimate of drug-likeness (QED) is 0.504. The van der Waals surface area contributed by atoms with Crippen LogP contribution in [0.3, 0.4) is 0 Å². The average molecular weight is 292 g/mol. The predicted octanol–water partition coefficient (Wildman–Crippen LogP) is 3.35. The third-order valence-electron chi connectivity index (χ3n) is 4.08. The Balaban J connectivity index is 2.16. The first-order valence-corrected chi connectivity index (χ1v) is 7.23. The number of nitrogens with zero attached hydrogens (tertiary/aromatic N) is 1. The Bertz CT molecular complexity index is 544. The van der Waals surface area contributed by atoms with Gasteiger partial charge in [0.25, 0.3) is 5.69 Å². The van der Waals surface area contributed by atoms with Gasteiger partial charge in [-0.15, -0.1) is 0 Å². The summed E-state index contributed by atoms with van der Waals surface area (Å²) >= 11 is 0. The van der Waals surface area contributed by atoms with Crippen molar-refractivity contribution in [2.45, 2.75) is 45.1 Å². The van der Waals surface area contributed by atoms with Crippen molar-refractivity contribution in [3.63, 3.8) is 0 Å². The van der Waals surface area contributed by atoms with Crippen LogP contribution in [-0.4, -0.2) is 22.0 Å². The number of nitro groups is 1. The van der Waals surface area contributed by atoms with Crippen LogP contribution in [0, 0.1) is 23.0 Å². The van der Waals surface area contributed by atoms with Crippen molar-refractivity contribution < 1.29 is 14.8 Å². The van der Waals surface area contributed by atoms with E-state index in [1.165, 1.54) is 6.07 Å². The summed E-state index contributed by atoms with van der Waals surface area (Å²) in [5, 5.41) is 23.4. The van der Waals surface area contributed by atoms with E-state index in [-0.39, 0.29) is 11.7 Å². The highest BCUT2D eigenvalue weighted by Crippen LogP contribution is 2.28. The van der Waals surface area contributed by atoms with E-state index in [9.17, 15) is 20.0 Å².